The Morgan fingerprint density at radius 2 is 2.09 bits per heavy atom. The zero-order valence-corrected chi connectivity index (χ0v) is 12.8. The Labute approximate surface area is 130 Å². The molecule has 22 heavy (non-hydrogen) atoms. The second kappa shape index (κ2) is 9.68. The van der Waals surface area contributed by atoms with E-state index in [0.717, 1.165) is 25.8 Å². The molecule has 0 spiro atoms. The Hall–Kier alpha value is -2.21. The molecule has 1 rings (SSSR count). The van der Waals surface area contributed by atoms with Gasteiger partial charge >= 0.3 is 5.97 Å². The maximum Gasteiger partial charge on any atom is 0.338 e. The standard InChI is InChI=1S/C16H22N2O4/c1-3-5-6-11-17-12-15(4-2)22-16(19)13-7-9-14(10-8-13)18(20)21/h4,7-10,15,17H,2-3,5-6,11-12H2,1H3. The Balaban J connectivity index is 2.46. The summed E-state index contributed by atoms with van der Waals surface area (Å²) < 4.78 is 5.30. The summed E-state index contributed by atoms with van der Waals surface area (Å²) in [6.45, 7) is 7.17. The zero-order chi connectivity index (χ0) is 16.4. The molecule has 0 fully saturated rings. The fourth-order valence-corrected chi connectivity index (χ4v) is 1.84. The molecule has 1 atom stereocenters. The maximum atomic E-state index is 12.0. The first-order valence-corrected chi connectivity index (χ1v) is 7.37. The largest absolute Gasteiger partial charge is 0.453 e. The molecule has 0 amide bonds. The number of nitro groups is 1. The number of ether oxygens (including phenoxy) is 1. The third kappa shape index (κ3) is 6.05. The molecule has 0 aliphatic rings. The van der Waals surface area contributed by atoms with Gasteiger partial charge in [-0.1, -0.05) is 32.4 Å². The number of nitrogens with one attached hydrogen (secondary N) is 1. The van der Waals surface area contributed by atoms with Crippen LogP contribution >= 0.6 is 0 Å². The zero-order valence-electron chi connectivity index (χ0n) is 12.8. The lowest BCUT2D eigenvalue weighted by molar-refractivity contribution is -0.384. The first kappa shape index (κ1) is 17.8. The van der Waals surface area contributed by atoms with Crippen LogP contribution in [-0.4, -0.2) is 30.1 Å². The number of nitro benzene ring substituents is 1. The number of hydrogen-bond acceptors (Lipinski definition) is 5. The van der Waals surface area contributed by atoms with Crippen molar-refractivity contribution in [2.24, 2.45) is 0 Å². The molecule has 1 aromatic rings. The van der Waals surface area contributed by atoms with Gasteiger partial charge < -0.3 is 10.1 Å². The van der Waals surface area contributed by atoms with Crippen LogP contribution in [0.3, 0.4) is 0 Å². The molecule has 0 aliphatic heterocycles. The van der Waals surface area contributed by atoms with Gasteiger partial charge in [-0.15, -0.1) is 0 Å². The highest BCUT2D eigenvalue weighted by atomic mass is 16.6. The summed E-state index contributed by atoms with van der Waals surface area (Å²) in [6, 6.07) is 5.33. The van der Waals surface area contributed by atoms with E-state index >= 15 is 0 Å². The van der Waals surface area contributed by atoms with Crippen molar-refractivity contribution < 1.29 is 14.5 Å². The highest BCUT2D eigenvalue weighted by Gasteiger charge is 2.14. The molecule has 0 radical (unpaired) electrons. The van der Waals surface area contributed by atoms with E-state index in [0.29, 0.717) is 6.54 Å². The molecule has 0 heterocycles. The lowest BCUT2D eigenvalue weighted by atomic mass is 10.2. The monoisotopic (exact) mass is 306 g/mol. The minimum absolute atomic E-state index is 0.0607. The van der Waals surface area contributed by atoms with Crippen molar-refractivity contribution in [3.8, 4) is 0 Å². The lowest BCUT2D eigenvalue weighted by Gasteiger charge is -2.15. The fraction of sp³-hybridized carbons (Fsp3) is 0.438. The molecule has 0 aliphatic carbocycles. The van der Waals surface area contributed by atoms with Gasteiger partial charge in [-0.05, 0) is 25.1 Å². The van der Waals surface area contributed by atoms with Crippen molar-refractivity contribution in [3.05, 3.63) is 52.6 Å². The maximum absolute atomic E-state index is 12.0. The number of hydrogen-bond donors (Lipinski definition) is 1. The van der Waals surface area contributed by atoms with Gasteiger partial charge in [0, 0.05) is 18.7 Å². The van der Waals surface area contributed by atoms with Crippen LogP contribution in [0.4, 0.5) is 5.69 Å². The number of carbonyl (C=O) groups excluding carboxylic acids is 1. The van der Waals surface area contributed by atoms with Gasteiger partial charge in [0.05, 0.1) is 10.5 Å². The highest BCUT2D eigenvalue weighted by Crippen LogP contribution is 2.13. The second-order valence-corrected chi connectivity index (χ2v) is 4.89. The van der Waals surface area contributed by atoms with Crippen molar-refractivity contribution in [1.29, 1.82) is 0 Å². The summed E-state index contributed by atoms with van der Waals surface area (Å²) in [5.41, 5.74) is 0.220. The summed E-state index contributed by atoms with van der Waals surface area (Å²) in [6.07, 6.45) is 4.53. The number of benzene rings is 1. The van der Waals surface area contributed by atoms with Crippen molar-refractivity contribution in [3.63, 3.8) is 0 Å². The molecule has 0 bridgehead atoms. The number of esters is 1. The van der Waals surface area contributed by atoms with E-state index in [-0.39, 0.29) is 11.3 Å². The highest BCUT2D eigenvalue weighted by molar-refractivity contribution is 5.89. The van der Waals surface area contributed by atoms with Gasteiger partial charge in [-0.2, -0.15) is 0 Å². The Kier molecular flexibility index (Phi) is 7.85. The SMILES string of the molecule is C=CC(CNCCCCC)OC(=O)c1ccc([N+](=O)[O-])cc1. The Morgan fingerprint density at radius 3 is 2.64 bits per heavy atom. The summed E-state index contributed by atoms with van der Waals surface area (Å²) >= 11 is 0. The van der Waals surface area contributed by atoms with E-state index in [2.05, 4.69) is 18.8 Å². The van der Waals surface area contributed by atoms with Gasteiger partial charge in [-0.3, -0.25) is 10.1 Å². The smallest absolute Gasteiger partial charge is 0.338 e. The minimum atomic E-state index is -0.518. The molecule has 0 saturated carbocycles. The molecule has 0 saturated heterocycles. The second-order valence-electron chi connectivity index (χ2n) is 4.89. The predicted octanol–water partition coefficient (Wildman–Crippen LogP) is 3.09. The molecular formula is C16H22N2O4. The van der Waals surface area contributed by atoms with E-state index in [1.165, 1.54) is 24.3 Å². The minimum Gasteiger partial charge on any atom is -0.453 e. The summed E-state index contributed by atoms with van der Waals surface area (Å²) in [5, 5.41) is 13.8. The summed E-state index contributed by atoms with van der Waals surface area (Å²) in [7, 11) is 0. The molecule has 1 N–H and O–H groups in total. The quantitative estimate of drug-likeness (QED) is 0.236. The fourth-order valence-electron chi connectivity index (χ4n) is 1.84. The van der Waals surface area contributed by atoms with Crippen LogP contribution in [0.25, 0.3) is 0 Å². The number of carbonyl (C=O) groups is 1. The Morgan fingerprint density at radius 1 is 1.41 bits per heavy atom. The molecule has 1 aromatic carbocycles. The lowest BCUT2D eigenvalue weighted by Crippen LogP contribution is -2.30. The van der Waals surface area contributed by atoms with Gasteiger partial charge in [0.15, 0.2) is 0 Å². The molecule has 6 heteroatoms. The van der Waals surface area contributed by atoms with Crippen molar-refractivity contribution in [2.45, 2.75) is 32.3 Å². The van der Waals surface area contributed by atoms with Crippen LogP contribution < -0.4 is 5.32 Å². The molecule has 6 nitrogen and oxygen atoms in total. The van der Waals surface area contributed by atoms with Gasteiger partial charge in [0.2, 0.25) is 0 Å². The van der Waals surface area contributed by atoms with E-state index in [9.17, 15) is 14.9 Å². The molecular weight excluding hydrogens is 284 g/mol. The van der Waals surface area contributed by atoms with Gasteiger partial charge in [-0.25, -0.2) is 4.79 Å². The van der Waals surface area contributed by atoms with Gasteiger partial charge in [0.1, 0.15) is 6.10 Å². The number of nitrogens with zero attached hydrogens (tertiary/aromatic N) is 1. The van der Waals surface area contributed by atoms with E-state index in [4.69, 9.17) is 4.74 Å². The van der Waals surface area contributed by atoms with Crippen LogP contribution in [0.1, 0.15) is 36.5 Å². The Bertz CT molecular complexity index is 499. The van der Waals surface area contributed by atoms with Crippen LogP contribution in [0.15, 0.2) is 36.9 Å². The van der Waals surface area contributed by atoms with Crippen molar-refractivity contribution >= 4 is 11.7 Å². The predicted molar refractivity (Wildman–Crippen MR) is 84.9 cm³/mol. The molecule has 1 unspecified atom stereocenters. The number of unbranched alkanes of at least 4 members (excludes halogenated alkanes) is 2. The number of rotatable bonds is 10. The van der Waals surface area contributed by atoms with E-state index in [1.807, 2.05) is 0 Å². The van der Waals surface area contributed by atoms with Crippen LogP contribution in [0, 0.1) is 10.1 Å². The topological polar surface area (TPSA) is 81.5 Å². The van der Waals surface area contributed by atoms with E-state index < -0.39 is 17.0 Å². The third-order valence-electron chi connectivity index (χ3n) is 3.14. The van der Waals surface area contributed by atoms with Crippen LogP contribution in [-0.2, 0) is 4.74 Å². The summed E-state index contributed by atoms with van der Waals surface area (Å²) in [5.74, 6) is -0.518. The average Bonchev–Trinajstić information content (AvgIpc) is 2.53. The number of non-ortho nitro benzene ring substituents is 1. The first-order chi connectivity index (χ1) is 10.6. The van der Waals surface area contributed by atoms with Crippen molar-refractivity contribution in [1.82, 2.24) is 5.32 Å². The first-order valence-electron chi connectivity index (χ1n) is 7.37. The average molecular weight is 306 g/mol. The molecule has 0 aromatic heterocycles. The summed E-state index contributed by atoms with van der Waals surface area (Å²) in [4.78, 5) is 22.0. The van der Waals surface area contributed by atoms with Crippen molar-refractivity contribution in [2.75, 3.05) is 13.1 Å². The normalized spacial score (nSPS) is 11.7. The molecule has 120 valence electrons. The van der Waals surface area contributed by atoms with Gasteiger partial charge in [0.25, 0.3) is 5.69 Å². The van der Waals surface area contributed by atoms with E-state index in [1.54, 1.807) is 6.08 Å². The third-order valence-corrected chi connectivity index (χ3v) is 3.14. The van der Waals surface area contributed by atoms with Crippen LogP contribution in [0.2, 0.25) is 0 Å². The van der Waals surface area contributed by atoms with Crippen LogP contribution in [0.5, 0.6) is 0 Å².